The van der Waals surface area contributed by atoms with Crippen molar-refractivity contribution in [1.29, 1.82) is 5.26 Å². The van der Waals surface area contributed by atoms with Gasteiger partial charge < -0.3 is 10.0 Å². The number of hydrogen-bond acceptors (Lipinski definition) is 3. The molecular weight excluding hydrogens is 284 g/mol. The van der Waals surface area contributed by atoms with E-state index in [9.17, 15) is 4.79 Å². The lowest BCUT2D eigenvalue weighted by Gasteiger charge is -2.23. The molecule has 0 radical (unpaired) electrons. The van der Waals surface area contributed by atoms with E-state index >= 15 is 0 Å². The monoisotopic (exact) mass is 296 g/mol. The molecule has 5 heteroatoms. The van der Waals surface area contributed by atoms with Crippen LogP contribution in [0.15, 0.2) is 22.7 Å². The average molecular weight is 297 g/mol. The van der Waals surface area contributed by atoms with E-state index in [4.69, 9.17) is 10.4 Å². The van der Waals surface area contributed by atoms with Gasteiger partial charge >= 0.3 is 5.97 Å². The Hall–Kier alpha value is -1.54. The first-order valence-electron chi connectivity index (χ1n) is 5.25. The Kier molecular flexibility index (Phi) is 4.98. The Bertz CT molecular complexity index is 454. The van der Waals surface area contributed by atoms with Crippen molar-refractivity contribution in [3.8, 4) is 6.07 Å². The van der Waals surface area contributed by atoms with Gasteiger partial charge in [0.15, 0.2) is 0 Å². The van der Waals surface area contributed by atoms with Gasteiger partial charge in [-0.1, -0.05) is 6.92 Å². The molecule has 0 unspecified atom stereocenters. The molecule has 0 spiro atoms. The van der Waals surface area contributed by atoms with Gasteiger partial charge in [0.05, 0.1) is 17.3 Å². The molecule has 4 nitrogen and oxygen atoms in total. The van der Waals surface area contributed by atoms with E-state index in [2.05, 4.69) is 15.9 Å². The van der Waals surface area contributed by atoms with Crippen molar-refractivity contribution in [3.63, 3.8) is 0 Å². The van der Waals surface area contributed by atoms with Gasteiger partial charge in [0.25, 0.3) is 0 Å². The summed E-state index contributed by atoms with van der Waals surface area (Å²) in [4.78, 5) is 12.6. The third-order valence-electron chi connectivity index (χ3n) is 2.24. The minimum atomic E-state index is -0.866. The maximum Gasteiger partial charge on any atom is 0.323 e. The zero-order valence-corrected chi connectivity index (χ0v) is 11.1. The summed E-state index contributed by atoms with van der Waals surface area (Å²) in [5.41, 5.74) is 1.35. The second-order valence-corrected chi connectivity index (χ2v) is 4.45. The summed E-state index contributed by atoms with van der Waals surface area (Å²) >= 11 is 3.36. The van der Waals surface area contributed by atoms with Crippen LogP contribution in [0, 0.1) is 11.3 Å². The zero-order chi connectivity index (χ0) is 12.8. The van der Waals surface area contributed by atoms with Crippen molar-refractivity contribution in [2.24, 2.45) is 0 Å². The van der Waals surface area contributed by atoms with Gasteiger partial charge in [0.2, 0.25) is 0 Å². The van der Waals surface area contributed by atoms with E-state index in [-0.39, 0.29) is 6.54 Å². The highest BCUT2D eigenvalue weighted by Crippen LogP contribution is 2.27. The SMILES string of the molecule is CCCN(CC(=O)O)c1ccc(C#N)cc1Br. The van der Waals surface area contributed by atoms with Crippen LogP contribution in [0.25, 0.3) is 0 Å². The van der Waals surface area contributed by atoms with Crippen LogP contribution in [-0.2, 0) is 4.79 Å². The van der Waals surface area contributed by atoms with E-state index < -0.39 is 5.97 Å². The molecule has 1 aromatic rings. The standard InChI is InChI=1S/C12H13BrN2O2/c1-2-5-15(8-12(16)17)11-4-3-9(7-14)6-10(11)13/h3-4,6H,2,5,8H2,1H3,(H,16,17). The Balaban J connectivity index is 3.01. The van der Waals surface area contributed by atoms with Gasteiger partial charge in [-0.3, -0.25) is 4.79 Å². The molecule has 1 rings (SSSR count). The van der Waals surface area contributed by atoms with Gasteiger partial charge in [-0.05, 0) is 40.5 Å². The molecule has 1 aromatic carbocycles. The van der Waals surface area contributed by atoms with E-state index in [0.29, 0.717) is 12.1 Å². The lowest BCUT2D eigenvalue weighted by atomic mass is 10.2. The van der Waals surface area contributed by atoms with Gasteiger partial charge in [-0.15, -0.1) is 0 Å². The van der Waals surface area contributed by atoms with Gasteiger partial charge in [-0.2, -0.15) is 5.26 Å². The van der Waals surface area contributed by atoms with Crippen LogP contribution in [0.4, 0.5) is 5.69 Å². The summed E-state index contributed by atoms with van der Waals surface area (Å²) in [6.07, 6.45) is 0.861. The smallest absolute Gasteiger partial charge is 0.323 e. The summed E-state index contributed by atoms with van der Waals surface area (Å²) in [6, 6.07) is 7.19. The first-order valence-corrected chi connectivity index (χ1v) is 6.04. The van der Waals surface area contributed by atoms with Gasteiger partial charge in [0, 0.05) is 11.0 Å². The summed E-state index contributed by atoms with van der Waals surface area (Å²) in [5.74, 6) is -0.866. The van der Waals surface area contributed by atoms with Crippen LogP contribution >= 0.6 is 15.9 Å². The van der Waals surface area contributed by atoms with E-state index in [1.54, 1.807) is 23.1 Å². The van der Waals surface area contributed by atoms with Crippen LogP contribution in [0.1, 0.15) is 18.9 Å². The highest BCUT2D eigenvalue weighted by Gasteiger charge is 2.13. The van der Waals surface area contributed by atoms with E-state index in [1.165, 1.54) is 0 Å². The topological polar surface area (TPSA) is 64.3 Å². The van der Waals surface area contributed by atoms with Crippen LogP contribution in [0.2, 0.25) is 0 Å². The third kappa shape index (κ3) is 3.75. The lowest BCUT2D eigenvalue weighted by Crippen LogP contribution is -2.30. The first-order chi connectivity index (χ1) is 8.08. The predicted octanol–water partition coefficient (Wildman–Crippen LogP) is 2.62. The minimum absolute atomic E-state index is 0.0433. The highest BCUT2D eigenvalue weighted by atomic mass is 79.9. The summed E-state index contributed by atoms with van der Waals surface area (Å²) < 4.78 is 0.742. The highest BCUT2D eigenvalue weighted by molar-refractivity contribution is 9.10. The molecule has 0 aliphatic carbocycles. The normalized spacial score (nSPS) is 9.71. The minimum Gasteiger partial charge on any atom is -0.480 e. The molecule has 17 heavy (non-hydrogen) atoms. The number of carboxylic acid groups (broad SMARTS) is 1. The van der Waals surface area contributed by atoms with Crippen molar-refractivity contribution in [2.75, 3.05) is 18.0 Å². The quantitative estimate of drug-likeness (QED) is 0.907. The molecule has 1 N–H and O–H groups in total. The fraction of sp³-hybridized carbons (Fsp3) is 0.333. The summed E-state index contributed by atoms with van der Waals surface area (Å²) in [7, 11) is 0. The van der Waals surface area contributed by atoms with Crippen LogP contribution in [0.5, 0.6) is 0 Å². The molecule has 0 aliphatic heterocycles. The Morgan fingerprint density at radius 3 is 2.76 bits per heavy atom. The number of carboxylic acids is 1. The number of benzene rings is 1. The first kappa shape index (κ1) is 13.5. The van der Waals surface area contributed by atoms with Gasteiger partial charge in [-0.25, -0.2) is 0 Å². The molecule has 0 bridgehead atoms. The number of nitriles is 1. The average Bonchev–Trinajstić information content (AvgIpc) is 2.27. The fourth-order valence-corrected chi connectivity index (χ4v) is 2.18. The number of aliphatic carboxylic acids is 1. The Morgan fingerprint density at radius 2 is 2.29 bits per heavy atom. The summed E-state index contributed by atoms with van der Waals surface area (Å²) in [6.45, 7) is 2.61. The largest absolute Gasteiger partial charge is 0.480 e. The van der Waals surface area contributed by atoms with Crippen molar-refractivity contribution in [2.45, 2.75) is 13.3 Å². The second-order valence-electron chi connectivity index (χ2n) is 3.59. The lowest BCUT2D eigenvalue weighted by molar-refractivity contribution is -0.135. The van der Waals surface area contributed by atoms with E-state index in [0.717, 1.165) is 16.6 Å². The Morgan fingerprint density at radius 1 is 1.59 bits per heavy atom. The van der Waals surface area contributed by atoms with Crippen LogP contribution in [-0.4, -0.2) is 24.2 Å². The number of carbonyl (C=O) groups is 1. The van der Waals surface area contributed by atoms with Crippen LogP contribution in [0.3, 0.4) is 0 Å². The second kappa shape index (κ2) is 6.26. The Labute approximate surface area is 109 Å². The number of hydrogen-bond donors (Lipinski definition) is 1. The molecule has 0 atom stereocenters. The molecule has 90 valence electrons. The van der Waals surface area contributed by atoms with Crippen molar-refractivity contribution in [1.82, 2.24) is 0 Å². The van der Waals surface area contributed by atoms with Crippen LogP contribution < -0.4 is 4.90 Å². The maximum atomic E-state index is 10.8. The number of anilines is 1. The predicted molar refractivity (Wildman–Crippen MR) is 69.0 cm³/mol. The molecule has 0 heterocycles. The van der Waals surface area contributed by atoms with Crippen molar-refractivity contribution < 1.29 is 9.90 Å². The number of nitrogens with zero attached hydrogens (tertiary/aromatic N) is 2. The fourth-order valence-electron chi connectivity index (χ4n) is 1.55. The molecule has 0 amide bonds. The molecule has 0 saturated heterocycles. The third-order valence-corrected chi connectivity index (χ3v) is 2.87. The summed E-state index contributed by atoms with van der Waals surface area (Å²) in [5, 5.41) is 17.6. The van der Waals surface area contributed by atoms with Gasteiger partial charge in [0.1, 0.15) is 6.54 Å². The molecule has 0 aromatic heterocycles. The molecule has 0 aliphatic rings. The van der Waals surface area contributed by atoms with E-state index in [1.807, 2.05) is 13.0 Å². The van der Waals surface area contributed by atoms with Crippen molar-refractivity contribution >= 4 is 27.6 Å². The number of halogens is 1. The van der Waals surface area contributed by atoms with Crippen molar-refractivity contribution in [3.05, 3.63) is 28.2 Å². The molecule has 0 saturated carbocycles. The molecular formula is C12H13BrN2O2. The zero-order valence-electron chi connectivity index (χ0n) is 9.48. The maximum absolute atomic E-state index is 10.8. The number of rotatable bonds is 5. The molecule has 0 fully saturated rings.